The van der Waals surface area contributed by atoms with Gasteiger partial charge in [-0.1, -0.05) is 11.6 Å². The Morgan fingerprint density at radius 2 is 1.71 bits per heavy atom. The molecule has 4 rings (SSSR count). The van der Waals surface area contributed by atoms with Crippen molar-refractivity contribution in [2.45, 2.75) is 24.2 Å². The first-order chi connectivity index (χ1) is 13.5. The van der Waals surface area contributed by atoms with E-state index in [-0.39, 0.29) is 5.75 Å². The highest BCUT2D eigenvalue weighted by Gasteiger charge is 2.33. The number of sulfone groups is 1. The largest absolute Gasteiger partial charge is 0.368 e. The quantitative estimate of drug-likeness (QED) is 0.784. The number of anilines is 2. The average Bonchev–Trinajstić information content (AvgIpc) is 3.02. The van der Waals surface area contributed by atoms with Gasteiger partial charge in [-0.3, -0.25) is 0 Å². The van der Waals surface area contributed by atoms with E-state index >= 15 is 0 Å². The molecule has 150 valence electrons. The molecule has 7 nitrogen and oxygen atoms in total. The number of benzene rings is 1. The van der Waals surface area contributed by atoms with Crippen LogP contribution in [0, 0.1) is 0 Å². The Hall–Kier alpha value is -1.90. The van der Waals surface area contributed by atoms with Crippen LogP contribution < -0.4 is 15.5 Å². The Morgan fingerprint density at radius 3 is 2.39 bits per heavy atom. The summed E-state index contributed by atoms with van der Waals surface area (Å²) in [6, 6.07) is 7.85. The van der Waals surface area contributed by atoms with Gasteiger partial charge in [-0.2, -0.15) is 0 Å². The SMILES string of the molecule is NCCCc1nc(N2CCN(c3ccc(Cl)cc3)CC2)nc2c1S(=O)(=O)CC2. The number of aromatic nitrogens is 2. The highest BCUT2D eigenvalue weighted by molar-refractivity contribution is 7.91. The van der Waals surface area contributed by atoms with E-state index in [9.17, 15) is 8.42 Å². The van der Waals surface area contributed by atoms with Crippen molar-refractivity contribution in [2.75, 3.05) is 48.3 Å². The fourth-order valence-electron chi connectivity index (χ4n) is 3.79. The van der Waals surface area contributed by atoms with Gasteiger partial charge in [0.25, 0.3) is 0 Å². The third kappa shape index (κ3) is 3.81. The molecule has 2 aliphatic rings. The lowest BCUT2D eigenvalue weighted by molar-refractivity contribution is 0.596. The third-order valence-electron chi connectivity index (χ3n) is 5.28. The van der Waals surface area contributed by atoms with Gasteiger partial charge in [-0.25, -0.2) is 18.4 Å². The number of halogens is 1. The van der Waals surface area contributed by atoms with Crippen molar-refractivity contribution in [3.05, 3.63) is 40.7 Å². The van der Waals surface area contributed by atoms with Crippen molar-refractivity contribution in [2.24, 2.45) is 5.73 Å². The van der Waals surface area contributed by atoms with Gasteiger partial charge in [-0.15, -0.1) is 0 Å². The highest BCUT2D eigenvalue weighted by Crippen LogP contribution is 2.30. The molecular weight excluding hydrogens is 398 g/mol. The number of hydrogen-bond acceptors (Lipinski definition) is 7. The topological polar surface area (TPSA) is 92.4 Å². The summed E-state index contributed by atoms with van der Waals surface area (Å²) in [4.78, 5) is 14.1. The fraction of sp³-hybridized carbons (Fsp3) is 0.474. The van der Waals surface area contributed by atoms with Gasteiger partial charge in [-0.05, 0) is 43.7 Å². The summed E-state index contributed by atoms with van der Waals surface area (Å²) in [5, 5.41) is 0.730. The van der Waals surface area contributed by atoms with Crippen molar-refractivity contribution in [3.63, 3.8) is 0 Å². The smallest absolute Gasteiger partial charge is 0.225 e. The molecule has 0 unspecified atom stereocenters. The van der Waals surface area contributed by atoms with Gasteiger partial charge in [0.05, 0.1) is 17.1 Å². The molecule has 28 heavy (non-hydrogen) atoms. The maximum atomic E-state index is 12.4. The maximum Gasteiger partial charge on any atom is 0.225 e. The van der Waals surface area contributed by atoms with Crippen LogP contribution in [-0.2, 0) is 22.7 Å². The number of aryl methyl sites for hydroxylation is 2. The van der Waals surface area contributed by atoms with Gasteiger partial charge < -0.3 is 15.5 Å². The maximum absolute atomic E-state index is 12.4. The fourth-order valence-corrected chi connectivity index (χ4v) is 5.60. The van der Waals surface area contributed by atoms with Crippen LogP contribution in [0.3, 0.4) is 0 Å². The van der Waals surface area contributed by atoms with E-state index in [1.807, 2.05) is 24.3 Å². The van der Waals surface area contributed by atoms with Crippen molar-refractivity contribution >= 4 is 33.1 Å². The number of nitrogens with zero attached hydrogens (tertiary/aromatic N) is 4. The minimum atomic E-state index is -3.27. The second-order valence-electron chi connectivity index (χ2n) is 7.16. The lowest BCUT2D eigenvalue weighted by atomic mass is 10.2. The molecule has 0 radical (unpaired) electrons. The van der Waals surface area contributed by atoms with Gasteiger partial charge in [0.2, 0.25) is 5.95 Å². The summed E-state index contributed by atoms with van der Waals surface area (Å²) in [5.41, 5.74) is 8.07. The number of nitrogens with two attached hydrogens (primary N) is 1. The molecule has 0 bridgehead atoms. The van der Waals surface area contributed by atoms with E-state index < -0.39 is 9.84 Å². The van der Waals surface area contributed by atoms with Crippen LogP contribution >= 0.6 is 11.6 Å². The molecule has 0 amide bonds. The molecule has 0 atom stereocenters. The standard InChI is InChI=1S/C19H24ClN5O2S/c20-14-3-5-15(6-4-14)24-9-11-25(12-10-24)19-22-16(2-1-8-21)18-17(23-19)7-13-28(18,26)27/h3-6H,1-2,7-13,21H2. The Labute approximate surface area is 170 Å². The predicted molar refractivity (Wildman–Crippen MR) is 111 cm³/mol. The molecule has 3 heterocycles. The molecule has 0 aliphatic carbocycles. The third-order valence-corrected chi connectivity index (χ3v) is 7.37. The molecule has 0 saturated carbocycles. The number of fused-ring (bicyclic) bond motifs is 1. The predicted octanol–water partition coefficient (Wildman–Crippen LogP) is 1.68. The molecule has 1 aromatic heterocycles. The van der Waals surface area contributed by atoms with Crippen LogP contribution in [0.4, 0.5) is 11.6 Å². The molecule has 2 aromatic rings. The van der Waals surface area contributed by atoms with Crippen molar-refractivity contribution < 1.29 is 8.42 Å². The lowest BCUT2D eigenvalue weighted by Crippen LogP contribution is -2.47. The van der Waals surface area contributed by atoms with E-state index in [2.05, 4.69) is 19.8 Å². The molecule has 1 saturated heterocycles. The van der Waals surface area contributed by atoms with Gasteiger partial charge in [0.1, 0.15) is 4.90 Å². The zero-order valence-electron chi connectivity index (χ0n) is 15.6. The van der Waals surface area contributed by atoms with Gasteiger partial charge >= 0.3 is 0 Å². The molecule has 2 N–H and O–H groups in total. The number of rotatable bonds is 5. The Kier molecular flexibility index (Phi) is 5.44. The Bertz CT molecular complexity index is 957. The first-order valence-corrected chi connectivity index (χ1v) is 11.6. The molecule has 9 heteroatoms. The molecule has 0 spiro atoms. The Morgan fingerprint density at radius 1 is 1.04 bits per heavy atom. The summed E-state index contributed by atoms with van der Waals surface area (Å²) in [6.45, 7) is 3.76. The first kappa shape index (κ1) is 19.4. The van der Waals surface area contributed by atoms with E-state index in [1.54, 1.807) is 0 Å². The summed E-state index contributed by atoms with van der Waals surface area (Å²) in [7, 11) is -3.27. The number of piperazine rings is 1. The zero-order valence-corrected chi connectivity index (χ0v) is 17.2. The molecule has 1 aromatic carbocycles. The van der Waals surface area contributed by atoms with Crippen LogP contribution in [0.15, 0.2) is 29.2 Å². The number of hydrogen-bond donors (Lipinski definition) is 1. The van der Waals surface area contributed by atoms with Crippen molar-refractivity contribution in [1.82, 2.24) is 9.97 Å². The minimum Gasteiger partial charge on any atom is -0.368 e. The zero-order chi connectivity index (χ0) is 19.7. The average molecular weight is 422 g/mol. The van der Waals surface area contributed by atoms with E-state index in [0.717, 1.165) is 36.9 Å². The van der Waals surface area contributed by atoms with Crippen molar-refractivity contribution in [1.29, 1.82) is 0 Å². The lowest BCUT2D eigenvalue weighted by Gasteiger charge is -2.36. The van der Waals surface area contributed by atoms with E-state index in [4.69, 9.17) is 17.3 Å². The van der Waals surface area contributed by atoms with Gasteiger partial charge in [0.15, 0.2) is 9.84 Å². The molecule has 2 aliphatic heterocycles. The van der Waals surface area contributed by atoms with Crippen LogP contribution in [0.1, 0.15) is 17.8 Å². The minimum absolute atomic E-state index is 0.125. The van der Waals surface area contributed by atoms with Crippen LogP contribution in [0.2, 0.25) is 5.02 Å². The highest BCUT2D eigenvalue weighted by atomic mass is 35.5. The molecular formula is C19H24ClN5O2S. The van der Waals surface area contributed by atoms with Crippen LogP contribution in [-0.4, -0.2) is 56.9 Å². The van der Waals surface area contributed by atoms with E-state index in [1.165, 1.54) is 0 Å². The summed E-state index contributed by atoms with van der Waals surface area (Å²) >= 11 is 5.98. The monoisotopic (exact) mass is 421 g/mol. The van der Waals surface area contributed by atoms with Crippen LogP contribution in [0.25, 0.3) is 0 Å². The normalized spacial score (nSPS) is 18.4. The summed E-state index contributed by atoms with van der Waals surface area (Å²) < 4.78 is 24.8. The second-order valence-corrected chi connectivity index (χ2v) is 9.64. The molecule has 1 fully saturated rings. The summed E-state index contributed by atoms with van der Waals surface area (Å²) in [5.74, 6) is 0.763. The second kappa shape index (κ2) is 7.85. The van der Waals surface area contributed by atoms with Crippen LogP contribution in [0.5, 0.6) is 0 Å². The first-order valence-electron chi connectivity index (χ1n) is 9.56. The Balaban J connectivity index is 1.54. The van der Waals surface area contributed by atoms with Gasteiger partial charge in [0, 0.05) is 43.3 Å². The van der Waals surface area contributed by atoms with Crippen molar-refractivity contribution in [3.8, 4) is 0 Å². The van der Waals surface area contributed by atoms with E-state index in [0.29, 0.717) is 48.0 Å². The summed E-state index contributed by atoms with van der Waals surface area (Å²) in [6.07, 6.45) is 1.74.